The normalized spacial score (nSPS) is 19.3. The summed E-state index contributed by atoms with van der Waals surface area (Å²) in [7, 11) is 0. The lowest BCUT2D eigenvalue weighted by molar-refractivity contribution is -0.129. The number of fused-ring (bicyclic) bond motifs is 1. The highest BCUT2D eigenvalue weighted by atomic mass is 79.9. The van der Waals surface area contributed by atoms with Crippen molar-refractivity contribution in [1.82, 2.24) is 5.32 Å². The quantitative estimate of drug-likeness (QED) is 0.892. The second kappa shape index (κ2) is 4.80. The SMILES string of the molecule is NC1(C(=O)NCc2cc(Br)cc3c2OCC3)CCC1. The van der Waals surface area contributed by atoms with Gasteiger partial charge in [0.25, 0.3) is 0 Å². The number of nitrogens with two attached hydrogens (primary N) is 1. The van der Waals surface area contributed by atoms with Gasteiger partial charge in [-0.2, -0.15) is 0 Å². The van der Waals surface area contributed by atoms with Crippen LogP contribution in [-0.4, -0.2) is 18.1 Å². The van der Waals surface area contributed by atoms with Crippen LogP contribution in [0.3, 0.4) is 0 Å². The molecular weight excluding hydrogens is 308 g/mol. The molecule has 1 aliphatic heterocycles. The summed E-state index contributed by atoms with van der Waals surface area (Å²) in [6, 6.07) is 4.07. The van der Waals surface area contributed by atoms with Crippen molar-refractivity contribution in [2.45, 2.75) is 37.8 Å². The summed E-state index contributed by atoms with van der Waals surface area (Å²) >= 11 is 3.49. The predicted octanol–water partition coefficient (Wildman–Crippen LogP) is 1.88. The maximum absolute atomic E-state index is 12.0. The minimum absolute atomic E-state index is 0.0505. The van der Waals surface area contributed by atoms with E-state index in [1.54, 1.807) is 0 Å². The molecule has 0 radical (unpaired) electrons. The zero-order valence-electron chi connectivity index (χ0n) is 10.7. The Morgan fingerprint density at radius 3 is 2.95 bits per heavy atom. The Hall–Kier alpha value is -1.07. The molecule has 0 unspecified atom stereocenters. The molecule has 1 fully saturated rings. The summed E-state index contributed by atoms with van der Waals surface area (Å²) in [5.74, 6) is 0.869. The summed E-state index contributed by atoms with van der Waals surface area (Å²) in [4.78, 5) is 12.0. The molecule has 0 atom stereocenters. The molecule has 19 heavy (non-hydrogen) atoms. The summed E-state index contributed by atoms with van der Waals surface area (Å²) < 4.78 is 6.66. The van der Waals surface area contributed by atoms with Crippen molar-refractivity contribution < 1.29 is 9.53 Å². The monoisotopic (exact) mass is 324 g/mol. The number of benzene rings is 1. The Balaban J connectivity index is 1.72. The number of ether oxygens (including phenoxy) is 1. The van der Waals surface area contributed by atoms with E-state index in [2.05, 4.69) is 27.3 Å². The maximum Gasteiger partial charge on any atom is 0.240 e. The van der Waals surface area contributed by atoms with E-state index in [1.165, 1.54) is 5.56 Å². The molecule has 1 aliphatic carbocycles. The van der Waals surface area contributed by atoms with E-state index < -0.39 is 5.54 Å². The zero-order chi connectivity index (χ0) is 13.5. The van der Waals surface area contributed by atoms with E-state index in [4.69, 9.17) is 10.5 Å². The summed E-state index contributed by atoms with van der Waals surface area (Å²) in [5, 5.41) is 2.93. The fourth-order valence-electron chi connectivity index (χ4n) is 2.61. The van der Waals surface area contributed by atoms with E-state index in [-0.39, 0.29) is 5.91 Å². The first-order valence-corrected chi connectivity index (χ1v) is 7.39. The summed E-state index contributed by atoms with van der Waals surface area (Å²) in [6.07, 6.45) is 3.54. The largest absolute Gasteiger partial charge is 0.493 e. The summed E-state index contributed by atoms with van der Waals surface area (Å²) in [5.41, 5.74) is 7.57. The Kier molecular flexibility index (Phi) is 3.27. The van der Waals surface area contributed by atoms with E-state index in [0.717, 1.165) is 41.5 Å². The molecule has 0 bridgehead atoms. The molecule has 3 rings (SSSR count). The van der Waals surface area contributed by atoms with Crippen molar-refractivity contribution in [3.8, 4) is 5.75 Å². The number of amides is 1. The van der Waals surface area contributed by atoms with Gasteiger partial charge in [-0.05, 0) is 37.0 Å². The third-order valence-electron chi connectivity index (χ3n) is 3.96. The first-order valence-electron chi connectivity index (χ1n) is 6.60. The van der Waals surface area contributed by atoms with Gasteiger partial charge in [0.05, 0.1) is 12.1 Å². The molecule has 0 saturated heterocycles. The molecule has 4 nitrogen and oxygen atoms in total. The van der Waals surface area contributed by atoms with Gasteiger partial charge in [0.15, 0.2) is 0 Å². The van der Waals surface area contributed by atoms with E-state index >= 15 is 0 Å². The maximum atomic E-state index is 12.0. The topological polar surface area (TPSA) is 64.4 Å². The van der Waals surface area contributed by atoms with Gasteiger partial charge < -0.3 is 15.8 Å². The van der Waals surface area contributed by atoms with Crippen LogP contribution in [0.5, 0.6) is 5.75 Å². The average Bonchev–Trinajstić information content (AvgIpc) is 2.80. The first-order chi connectivity index (χ1) is 9.08. The van der Waals surface area contributed by atoms with Crippen molar-refractivity contribution in [1.29, 1.82) is 0 Å². The molecule has 1 aromatic carbocycles. The lowest BCUT2D eigenvalue weighted by Crippen LogP contribution is -2.58. The Morgan fingerprint density at radius 1 is 1.47 bits per heavy atom. The van der Waals surface area contributed by atoms with Gasteiger partial charge in [0, 0.05) is 23.0 Å². The van der Waals surface area contributed by atoms with Crippen LogP contribution in [0.2, 0.25) is 0 Å². The van der Waals surface area contributed by atoms with E-state index in [9.17, 15) is 4.79 Å². The van der Waals surface area contributed by atoms with Gasteiger partial charge in [-0.25, -0.2) is 0 Å². The molecule has 1 heterocycles. The molecule has 5 heteroatoms. The van der Waals surface area contributed by atoms with Crippen LogP contribution in [0.1, 0.15) is 30.4 Å². The van der Waals surface area contributed by atoms with E-state index in [0.29, 0.717) is 13.2 Å². The highest BCUT2D eigenvalue weighted by Crippen LogP contribution is 2.33. The number of carbonyl (C=O) groups excluding carboxylic acids is 1. The molecule has 1 saturated carbocycles. The molecule has 1 amide bonds. The van der Waals surface area contributed by atoms with Crippen LogP contribution in [0.4, 0.5) is 0 Å². The van der Waals surface area contributed by atoms with Crippen LogP contribution < -0.4 is 15.8 Å². The Labute approximate surface area is 120 Å². The second-order valence-corrected chi connectivity index (χ2v) is 6.26. The van der Waals surface area contributed by atoms with Crippen molar-refractivity contribution in [3.63, 3.8) is 0 Å². The number of hydrogen-bond donors (Lipinski definition) is 2. The van der Waals surface area contributed by atoms with Crippen LogP contribution in [0.25, 0.3) is 0 Å². The highest BCUT2D eigenvalue weighted by molar-refractivity contribution is 9.10. The number of rotatable bonds is 3. The van der Waals surface area contributed by atoms with Gasteiger partial charge in [-0.1, -0.05) is 15.9 Å². The van der Waals surface area contributed by atoms with Gasteiger partial charge >= 0.3 is 0 Å². The fraction of sp³-hybridized carbons (Fsp3) is 0.500. The van der Waals surface area contributed by atoms with Crippen molar-refractivity contribution in [2.75, 3.05) is 6.61 Å². The smallest absolute Gasteiger partial charge is 0.240 e. The van der Waals surface area contributed by atoms with Crippen molar-refractivity contribution in [3.05, 3.63) is 27.7 Å². The molecule has 0 aromatic heterocycles. The predicted molar refractivity (Wildman–Crippen MR) is 76.0 cm³/mol. The van der Waals surface area contributed by atoms with Gasteiger partial charge in [0.2, 0.25) is 5.91 Å². The van der Waals surface area contributed by atoms with Crippen LogP contribution in [0.15, 0.2) is 16.6 Å². The molecular formula is C14H17BrN2O2. The lowest BCUT2D eigenvalue weighted by atomic mass is 9.77. The molecule has 1 aromatic rings. The van der Waals surface area contributed by atoms with Crippen LogP contribution >= 0.6 is 15.9 Å². The number of hydrogen-bond acceptors (Lipinski definition) is 3. The van der Waals surface area contributed by atoms with Crippen molar-refractivity contribution in [2.24, 2.45) is 5.73 Å². The van der Waals surface area contributed by atoms with Gasteiger partial charge in [-0.3, -0.25) is 4.79 Å². The third kappa shape index (κ3) is 2.37. The average molecular weight is 325 g/mol. The molecule has 102 valence electrons. The zero-order valence-corrected chi connectivity index (χ0v) is 12.3. The number of halogens is 1. The van der Waals surface area contributed by atoms with E-state index in [1.807, 2.05) is 6.07 Å². The Bertz CT molecular complexity index is 526. The summed E-state index contributed by atoms with van der Waals surface area (Å²) in [6.45, 7) is 1.19. The highest BCUT2D eigenvalue weighted by Gasteiger charge is 2.39. The van der Waals surface area contributed by atoms with Crippen LogP contribution in [0, 0.1) is 0 Å². The minimum atomic E-state index is -0.643. The van der Waals surface area contributed by atoms with Crippen LogP contribution in [-0.2, 0) is 17.8 Å². The second-order valence-electron chi connectivity index (χ2n) is 5.34. The number of nitrogens with one attached hydrogen (secondary N) is 1. The standard InChI is InChI=1S/C14H17BrN2O2/c15-11-6-9-2-5-19-12(9)10(7-11)8-17-13(18)14(16)3-1-4-14/h6-7H,1-5,8,16H2,(H,17,18). The van der Waals surface area contributed by atoms with Gasteiger partial charge in [0.1, 0.15) is 5.75 Å². The third-order valence-corrected chi connectivity index (χ3v) is 4.42. The first kappa shape index (κ1) is 12.9. The van der Waals surface area contributed by atoms with Gasteiger partial charge in [-0.15, -0.1) is 0 Å². The fourth-order valence-corrected chi connectivity index (χ4v) is 3.17. The molecule has 0 spiro atoms. The number of carbonyl (C=O) groups is 1. The minimum Gasteiger partial charge on any atom is -0.493 e. The lowest BCUT2D eigenvalue weighted by Gasteiger charge is -2.36. The van der Waals surface area contributed by atoms with Crippen molar-refractivity contribution >= 4 is 21.8 Å². The molecule has 2 aliphatic rings. The molecule has 3 N–H and O–H groups in total. The Morgan fingerprint density at radius 2 is 2.26 bits per heavy atom.